The van der Waals surface area contributed by atoms with Gasteiger partial charge in [-0.15, -0.1) is 11.3 Å². The van der Waals surface area contributed by atoms with E-state index >= 15 is 0 Å². The molecular weight excluding hydrogens is 308 g/mol. The molecule has 2 aromatic heterocycles. The Balaban J connectivity index is 2.51. The number of carbonyl (C=O) groups excluding carboxylic acids is 1. The lowest BCUT2D eigenvalue weighted by Crippen LogP contribution is -2.04. The molecule has 0 fully saturated rings. The van der Waals surface area contributed by atoms with Gasteiger partial charge in [0, 0.05) is 12.2 Å². The third-order valence-electron chi connectivity index (χ3n) is 2.85. The van der Waals surface area contributed by atoms with Crippen LogP contribution >= 0.6 is 23.6 Å². The van der Waals surface area contributed by atoms with Crippen LogP contribution in [0.3, 0.4) is 0 Å². The van der Waals surface area contributed by atoms with Crippen molar-refractivity contribution in [3.63, 3.8) is 0 Å². The van der Waals surface area contributed by atoms with E-state index in [-0.39, 0.29) is 5.97 Å². The Morgan fingerprint density at radius 2 is 2.29 bits per heavy atom. The van der Waals surface area contributed by atoms with Gasteiger partial charge in [-0.1, -0.05) is 12.2 Å². The number of carbonyl (C=O) groups is 1. The van der Waals surface area contributed by atoms with E-state index in [1.54, 1.807) is 6.07 Å². The molecule has 1 N–H and O–H groups in total. The summed E-state index contributed by atoms with van der Waals surface area (Å²) in [5.74, 6) is 0.284. The van der Waals surface area contributed by atoms with Gasteiger partial charge in [0.15, 0.2) is 0 Å². The summed E-state index contributed by atoms with van der Waals surface area (Å²) >= 11 is 6.55. The van der Waals surface area contributed by atoms with Crippen molar-refractivity contribution in [1.82, 2.24) is 9.97 Å². The Labute approximate surface area is 132 Å². The molecule has 112 valence electrons. The Bertz CT molecular complexity index is 706. The molecule has 0 amide bonds. The van der Waals surface area contributed by atoms with Crippen molar-refractivity contribution < 1.29 is 14.3 Å². The standard InChI is InChI=1S/C14H16N2O3S2/c1-4-19-6-10-15-9(5-11(20)16-10)12-8(2)7-21-13(12)14(17)18-3/h5,7H,4,6H2,1-3H3,(H,15,16,20). The number of H-pyrrole nitrogens is 1. The van der Waals surface area contributed by atoms with Crippen LogP contribution in [0.25, 0.3) is 11.3 Å². The number of ether oxygens (including phenoxy) is 2. The lowest BCUT2D eigenvalue weighted by atomic mass is 10.1. The molecule has 0 saturated heterocycles. The van der Waals surface area contributed by atoms with Gasteiger partial charge in [-0.25, -0.2) is 9.78 Å². The third kappa shape index (κ3) is 3.55. The van der Waals surface area contributed by atoms with Gasteiger partial charge < -0.3 is 14.5 Å². The number of hydrogen-bond donors (Lipinski definition) is 1. The third-order valence-corrected chi connectivity index (χ3v) is 4.14. The molecule has 0 bridgehead atoms. The van der Waals surface area contributed by atoms with Crippen molar-refractivity contribution >= 4 is 29.5 Å². The summed E-state index contributed by atoms with van der Waals surface area (Å²) in [4.78, 5) is 19.8. The van der Waals surface area contributed by atoms with E-state index in [4.69, 9.17) is 21.7 Å². The maximum Gasteiger partial charge on any atom is 0.348 e. The van der Waals surface area contributed by atoms with Gasteiger partial charge in [0.1, 0.15) is 21.9 Å². The molecule has 2 rings (SSSR count). The van der Waals surface area contributed by atoms with Crippen LogP contribution in [0.2, 0.25) is 0 Å². The van der Waals surface area contributed by atoms with Crippen molar-refractivity contribution in [2.45, 2.75) is 20.5 Å². The predicted molar refractivity (Wildman–Crippen MR) is 84.1 cm³/mol. The monoisotopic (exact) mass is 324 g/mol. The molecule has 21 heavy (non-hydrogen) atoms. The molecule has 5 nitrogen and oxygen atoms in total. The minimum atomic E-state index is -0.356. The van der Waals surface area contributed by atoms with Crippen LogP contribution in [0.4, 0.5) is 0 Å². The number of aryl methyl sites for hydroxylation is 1. The number of methoxy groups -OCH3 is 1. The van der Waals surface area contributed by atoms with E-state index < -0.39 is 0 Å². The molecule has 0 aliphatic rings. The fourth-order valence-corrected chi connectivity index (χ4v) is 3.14. The molecule has 0 saturated carbocycles. The maximum atomic E-state index is 11.9. The predicted octanol–water partition coefficient (Wildman–Crippen LogP) is 3.50. The molecular formula is C14H16N2O3S2. The lowest BCUT2D eigenvalue weighted by Gasteiger charge is -2.08. The SMILES string of the molecule is CCOCc1nc(=S)cc(-c2c(C)csc2C(=O)OC)[nH]1. The lowest BCUT2D eigenvalue weighted by molar-refractivity contribution is 0.0607. The summed E-state index contributed by atoms with van der Waals surface area (Å²) < 4.78 is 10.6. The van der Waals surface area contributed by atoms with Gasteiger partial charge in [0.2, 0.25) is 0 Å². The molecule has 0 aromatic carbocycles. The fourth-order valence-electron chi connectivity index (χ4n) is 1.93. The fraction of sp³-hybridized carbons (Fsp3) is 0.357. The number of thiophene rings is 1. The zero-order valence-corrected chi connectivity index (χ0v) is 13.7. The van der Waals surface area contributed by atoms with Crippen LogP contribution in [0, 0.1) is 11.6 Å². The van der Waals surface area contributed by atoms with Gasteiger partial charge in [0.25, 0.3) is 0 Å². The van der Waals surface area contributed by atoms with Crippen LogP contribution in [0.1, 0.15) is 28.0 Å². The second-order valence-electron chi connectivity index (χ2n) is 4.33. The average molecular weight is 324 g/mol. The van der Waals surface area contributed by atoms with Crippen molar-refractivity contribution in [3.8, 4) is 11.3 Å². The zero-order chi connectivity index (χ0) is 15.4. The van der Waals surface area contributed by atoms with E-state index in [9.17, 15) is 4.79 Å². The largest absolute Gasteiger partial charge is 0.465 e. The Kier molecular flexibility index (Phi) is 5.22. The first-order valence-corrected chi connectivity index (χ1v) is 7.70. The molecule has 0 spiro atoms. The summed E-state index contributed by atoms with van der Waals surface area (Å²) in [5.41, 5.74) is 2.54. The van der Waals surface area contributed by atoms with Crippen molar-refractivity contribution in [2.75, 3.05) is 13.7 Å². The molecule has 0 radical (unpaired) electrons. The number of nitrogens with zero attached hydrogens (tertiary/aromatic N) is 1. The highest BCUT2D eigenvalue weighted by molar-refractivity contribution is 7.71. The Morgan fingerprint density at radius 3 is 2.95 bits per heavy atom. The number of aromatic amines is 1. The smallest absolute Gasteiger partial charge is 0.348 e. The van der Waals surface area contributed by atoms with Crippen LogP contribution in [0.15, 0.2) is 11.4 Å². The number of aromatic nitrogens is 2. The minimum absolute atomic E-state index is 0.352. The Hall–Kier alpha value is -1.57. The molecule has 0 aliphatic heterocycles. The summed E-state index contributed by atoms with van der Waals surface area (Å²) in [6.07, 6.45) is 0. The molecule has 7 heteroatoms. The summed E-state index contributed by atoms with van der Waals surface area (Å²) in [6, 6.07) is 1.74. The first kappa shape index (κ1) is 15.8. The number of nitrogens with one attached hydrogen (secondary N) is 1. The average Bonchev–Trinajstić information content (AvgIpc) is 2.85. The van der Waals surface area contributed by atoms with Crippen molar-refractivity contribution in [2.24, 2.45) is 0 Å². The van der Waals surface area contributed by atoms with Gasteiger partial charge in [-0.05, 0) is 30.9 Å². The number of rotatable bonds is 5. The first-order valence-electron chi connectivity index (χ1n) is 6.41. The molecule has 2 aromatic rings. The van der Waals surface area contributed by atoms with Crippen molar-refractivity contribution in [3.05, 3.63) is 32.4 Å². The highest BCUT2D eigenvalue weighted by atomic mass is 32.1. The summed E-state index contributed by atoms with van der Waals surface area (Å²) in [7, 11) is 1.37. The van der Waals surface area contributed by atoms with Gasteiger partial charge in [0.05, 0.1) is 12.8 Å². The second kappa shape index (κ2) is 6.93. The van der Waals surface area contributed by atoms with Crippen LogP contribution < -0.4 is 0 Å². The summed E-state index contributed by atoms with van der Waals surface area (Å²) in [5, 5.41) is 1.92. The number of esters is 1. The number of hydrogen-bond acceptors (Lipinski definition) is 6. The topological polar surface area (TPSA) is 64.2 Å². The van der Waals surface area contributed by atoms with Crippen LogP contribution in [-0.2, 0) is 16.1 Å². The van der Waals surface area contributed by atoms with E-state index in [0.29, 0.717) is 28.6 Å². The summed E-state index contributed by atoms with van der Waals surface area (Å²) in [6.45, 7) is 4.80. The molecule has 0 atom stereocenters. The molecule has 0 unspecified atom stereocenters. The van der Waals surface area contributed by atoms with E-state index in [1.807, 2.05) is 19.2 Å². The van der Waals surface area contributed by atoms with E-state index in [0.717, 1.165) is 16.8 Å². The van der Waals surface area contributed by atoms with Crippen LogP contribution in [-0.4, -0.2) is 29.7 Å². The maximum absolute atomic E-state index is 11.9. The van der Waals surface area contributed by atoms with Gasteiger partial charge >= 0.3 is 5.97 Å². The molecule has 0 aliphatic carbocycles. The van der Waals surface area contributed by atoms with Gasteiger partial charge in [-0.2, -0.15) is 0 Å². The van der Waals surface area contributed by atoms with Crippen LogP contribution in [0.5, 0.6) is 0 Å². The normalized spacial score (nSPS) is 10.6. The first-order chi connectivity index (χ1) is 10.1. The highest BCUT2D eigenvalue weighted by Crippen LogP contribution is 2.32. The Morgan fingerprint density at radius 1 is 1.52 bits per heavy atom. The zero-order valence-electron chi connectivity index (χ0n) is 12.1. The minimum Gasteiger partial charge on any atom is -0.465 e. The van der Waals surface area contributed by atoms with Gasteiger partial charge in [-0.3, -0.25) is 0 Å². The van der Waals surface area contributed by atoms with Crippen molar-refractivity contribution in [1.29, 1.82) is 0 Å². The highest BCUT2D eigenvalue weighted by Gasteiger charge is 2.19. The van der Waals surface area contributed by atoms with E-state index in [2.05, 4.69) is 9.97 Å². The second-order valence-corrected chi connectivity index (χ2v) is 5.63. The van der Waals surface area contributed by atoms with E-state index in [1.165, 1.54) is 18.4 Å². The molecule has 2 heterocycles. The quantitative estimate of drug-likeness (QED) is 0.673.